The second kappa shape index (κ2) is 6.89. The van der Waals surface area contributed by atoms with Gasteiger partial charge in [0.1, 0.15) is 5.82 Å². The summed E-state index contributed by atoms with van der Waals surface area (Å²) < 4.78 is 18.8. The Bertz CT molecular complexity index is 918. The molecule has 1 atom stereocenters. The van der Waals surface area contributed by atoms with Crippen molar-refractivity contribution < 1.29 is 13.7 Å². The molecule has 0 N–H and O–H groups in total. The Morgan fingerprint density at radius 2 is 1.73 bits per heavy atom. The predicted octanol–water partition coefficient (Wildman–Crippen LogP) is 4.80. The number of rotatable bonds is 3. The number of amides is 1. The van der Waals surface area contributed by atoms with Crippen LogP contribution in [0.5, 0.6) is 0 Å². The molecule has 1 aromatic heterocycles. The standard InChI is InChI=1S/C24H28FN3O2/c25-20-5-3-18(4-6-20)21-26-22(30-27-21)19-2-1-7-28(14-19)23(29)24-11-15-8-16(12-24)10-17(9-15)13-24/h3-6,15-17,19H,1-2,7-14H2. The molecule has 158 valence electrons. The van der Waals surface area contributed by atoms with Crippen molar-refractivity contribution in [1.29, 1.82) is 0 Å². The fourth-order valence-electron chi connectivity index (χ4n) is 7.19. The third-order valence-corrected chi connectivity index (χ3v) is 8.09. The molecule has 4 bridgehead atoms. The highest BCUT2D eigenvalue weighted by molar-refractivity contribution is 5.83. The summed E-state index contributed by atoms with van der Waals surface area (Å²) in [5.74, 6) is 3.59. The molecular weight excluding hydrogens is 381 g/mol. The second-order valence-corrected chi connectivity index (χ2v) is 10.3. The number of halogens is 1. The molecule has 0 spiro atoms. The molecule has 6 heteroatoms. The summed E-state index contributed by atoms with van der Waals surface area (Å²) in [5.41, 5.74) is 0.647. The van der Waals surface area contributed by atoms with Crippen molar-refractivity contribution in [3.8, 4) is 11.4 Å². The van der Waals surface area contributed by atoms with Crippen LogP contribution in [0.15, 0.2) is 28.8 Å². The summed E-state index contributed by atoms with van der Waals surface area (Å²) in [7, 11) is 0. The summed E-state index contributed by atoms with van der Waals surface area (Å²) in [6.07, 6.45) is 9.29. The lowest BCUT2D eigenvalue weighted by Gasteiger charge is -2.57. The van der Waals surface area contributed by atoms with E-state index in [2.05, 4.69) is 15.0 Å². The van der Waals surface area contributed by atoms with Gasteiger partial charge in [-0.3, -0.25) is 4.79 Å². The highest BCUT2D eigenvalue weighted by atomic mass is 19.1. The average Bonchev–Trinajstić information content (AvgIpc) is 3.23. The first-order valence-corrected chi connectivity index (χ1v) is 11.5. The van der Waals surface area contributed by atoms with Gasteiger partial charge in [0.2, 0.25) is 17.6 Å². The van der Waals surface area contributed by atoms with Crippen LogP contribution in [0, 0.1) is 29.0 Å². The van der Waals surface area contributed by atoms with Gasteiger partial charge in [0.25, 0.3) is 0 Å². The van der Waals surface area contributed by atoms with Crippen molar-refractivity contribution in [1.82, 2.24) is 15.0 Å². The first kappa shape index (κ1) is 18.5. The van der Waals surface area contributed by atoms with Crippen LogP contribution in [-0.2, 0) is 4.79 Å². The molecule has 30 heavy (non-hydrogen) atoms. The average molecular weight is 410 g/mol. The Kier molecular flexibility index (Phi) is 4.26. The van der Waals surface area contributed by atoms with E-state index in [4.69, 9.17) is 4.52 Å². The zero-order chi connectivity index (χ0) is 20.3. The topological polar surface area (TPSA) is 59.2 Å². The smallest absolute Gasteiger partial charge is 0.231 e. The van der Waals surface area contributed by atoms with E-state index in [0.717, 1.165) is 62.0 Å². The van der Waals surface area contributed by atoms with Gasteiger partial charge >= 0.3 is 0 Å². The maximum Gasteiger partial charge on any atom is 0.231 e. The molecule has 1 unspecified atom stereocenters. The van der Waals surface area contributed by atoms with Crippen molar-refractivity contribution >= 4 is 5.91 Å². The fraction of sp³-hybridized carbons (Fsp3) is 0.625. The molecule has 4 saturated carbocycles. The van der Waals surface area contributed by atoms with E-state index in [1.54, 1.807) is 12.1 Å². The second-order valence-electron chi connectivity index (χ2n) is 10.3. The molecule has 4 aliphatic carbocycles. The highest BCUT2D eigenvalue weighted by Crippen LogP contribution is 2.60. The Hall–Kier alpha value is -2.24. The molecule has 2 heterocycles. The first-order chi connectivity index (χ1) is 14.6. The van der Waals surface area contributed by atoms with E-state index in [1.807, 2.05) is 0 Å². The van der Waals surface area contributed by atoms with Gasteiger partial charge in [0.05, 0.1) is 11.3 Å². The summed E-state index contributed by atoms with van der Waals surface area (Å²) in [5, 5.41) is 4.10. The summed E-state index contributed by atoms with van der Waals surface area (Å²) in [6, 6.07) is 6.12. The monoisotopic (exact) mass is 409 g/mol. The van der Waals surface area contributed by atoms with E-state index in [-0.39, 0.29) is 17.2 Å². The van der Waals surface area contributed by atoms with Crippen LogP contribution >= 0.6 is 0 Å². The number of hydrogen-bond donors (Lipinski definition) is 0. The van der Waals surface area contributed by atoms with Gasteiger partial charge in [0, 0.05) is 18.7 Å². The van der Waals surface area contributed by atoms with Crippen molar-refractivity contribution in [2.75, 3.05) is 13.1 Å². The minimum absolute atomic E-state index is 0.0818. The summed E-state index contributed by atoms with van der Waals surface area (Å²) >= 11 is 0. The fourth-order valence-corrected chi connectivity index (χ4v) is 7.19. The molecule has 7 rings (SSSR count). The zero-order valence-electron chi connectivity index (χ0n) is 17.2. The van der Waals surface area contributed by atoms with Crippen LogP contribution in [0.2, 0.25) is 0 Å². The molecule has 2 aromatic rings. The molecule has 5 aliphatic rings. The van der Waals surface area contributed by atoms with Gasteiger partial charge < -0.3 is 9.42 Å². The Balaban J connectivity index is 1.19. The van der Waals surface area contributed by atoms with E-state index < -0.39 is 0 Å². The van der Waals surface area contributed by atoms with Crippen LogP contribution < -0.4 is 0 Å². The zero-order valence-corrected chi connectivity index (χ0v) is 17.2. The molecule has 1 aromatic carbocycles. The van der Waals surface area contributed by atoms with Crippen LogP contribution in [0.4, 0.5) is 4.39 Å². The maximum absolute atomic E-state index is 13.7. The number of carbonyl (C=O) groups is 1. The summed E-state index contributed by atoms with van der Waals surface area (Å²) in [6.45, 7) is 1.52. The van der Waals surface area contributed by atoms with Crippen LogP contribution in [0.3, 0.4) is 0 Å². The largest absolute Gasteiger partial charge is 0.341 e. The van der Waals surface area contributed by atoms with Crippen molar-refractivity contribution in [2.24, 2.45) is 23.2 Å². The molecular formula is C24H28FN3O2. The van der Waals surface area contributed by atoms with Crippen molar-refractivity contribution in [3.63, 3.8) is 0 Å². The third-order valence-electron chi connectivity index (χ3n) is 8.09. The highest BCUT2D eigenvalue weighted by Gasteiger charge is 2.55. The number of likely N-dealkylation sites (tertiary alicyclic amines) is 1. The lowest BCUT2D eigenvalue weighted by Crippen LogP contribution is -2.55. The Labute approximate surface area is 176 Å². The van der Waals surface area contributed by atoms with E-state index in [9.17, 15) is 9.18 Å². The van der Waals surface area contributed by atoms with Crippen LogP contribution in [0.1, 0.15) is 63.2 Å². The minimum Gasteiger partial charge on any atom is -0.341 e. The van der Waals surface area contributed by atoms with Crippen LogP contribution in [-0.4, -0.2) is 34.0 Å². The van der Waals surface area contributed by atoms with Gasteiger partial charge in [0.15, 0.2) is 0 Å². The van der Waals surface area contributed by atoms with Gasteiger partial charge in [-0.15, -0.1) is 0 Å². The van der Waals surface area contributed by atoms with Crippen molar-refractivity contribution in [2.45, 2.75) is 57.3 Å². The van der Waals surface area contributed by atoms with Gasteiger partial charge in [-0.25, -0.2) is 4.39 Å². The number of nitrogens with zero attached hydrogens (tertiary/aromatic N) is 3. The van der Waals surface area contributed by atoms with Gasteiger partial charge in [-0.1, -0.05) is 5.16 Å². The molecule has 1 saturated heterocycles. The normalized spacial score (nSPS) is 35.0. The summed E-state index contributed by atoms with van der Waals surface area (Å²) in [4.78, 5) is 20.4. The van der Waals surface area contributed by atoms with E-state index in [0.29, 0.717) is 24.2 Å². The first-order valence-electron chi connectivity index (χ1n) is 11.5. The molecule has 5 nitrogen and oxygen atoms in total. The van der Waals surface area contributed by atoms with E-state index in [1.165, 1.54) is 31.4 Å². The number of hydrogen-bond acceptors (Lipinski definition) is 4. The molecule has 1 amide bonds. The van der Waals surface area contributed by atoms with Gasteiger partial charge in [-0.2, -0.15) is 4.98 Å². The Morgan fingerprint density at radius 1 is 1.07 bits per heavy atom. The lowest BCUT2D eigenvalue weighted by molar-refractivity contribution is -0.159. The third kappa shape index (κ3) is 3.07. The molecule has 1 aliphatic heterocycles. The number of aromatic nitrogens is 2. The quantitative estimate of drug-likeness (QED) is 0.731. The number of benzene rings is 1. The predicted molar refractivity (Wildman–Crippen MR) is 109 cm³/mol. The van der Waals surface area contributed by atoms with Crippen LogP contribution in [0.25, 0.3) is 11.4 Å². The number of carbonyl (C=O) groups excluding carboxylic acids is 1. The van der Waals surface area contributed by atoms with Gasteiger partial charge in [-0.05, 0) is 93.4 Å². The van der Waals surface area contributed by atoms with Crippen molar-refractivity contribution in [3.05, 3.63) is 36.0 Å². The maximum atomic E-state index is 13.7. The Morgan fingerprint density at radius 3 is 2.40 bits per heavy atom. The minimum atomic E-state index is -0.284. The molecule has 5 fully saturated rings. The molecule has 0 radical (unpaired) electrons. The SMILES string of the molecule is O=C(N1CCCC(c2nc(-c3ccc(F)cc3)no2)C1)C12CC3CC(CC(C3)C1)C2. The van der Waals surface area contributed by atoms with E-state index >= 15 is 0 Å². The number of piperidine rings is 1. The lowest BCUT2D eigenvalue weighted by atomic mass is 9.49.